The van der Waals surface area contributed by atoms with Gasteiger partial charge in [-0.25, -0.2) is 0 Å². The molecule has 3 rings (SSSR count). The number of aryl methyl sites for hydroxylation is 3. The van der Waals surface area contributed by atoms with Gasteiger partial charge >= 0.3 is 5.97 Å². The third kappa shape index (κ3) is 4.93. The minimum absolute atomic E-state index is 0.119. The van der Waals surface area contributed by atoms with E-state index in [1.54, 1.807) is 0 Å². The maximum Gasteiger partial charge on any atom is 0.313 e. The largest absolute Gasteiger partial charge is 0.426 e. The number of rotatable bonds is 5. The van der Waals surface area contributed by atoms with E-state index in [1.807, 2.05) is 39.0 Å². The minimum Gasteiger partial charge on any atom is -0.426 e. The lowest BCUT2D eigenvalue weighted by Gasteiger charge is -2.32. The lowest BCUT2D eigenvalue weighted by Crippen LogP contribution is -2.43. The zero-order valence-electron chi connectivity index (χ0n) is 15.8. The molecule has 1 heterocycles. The van der Waals surface area contributed by atoms with Crippen LogP contribution in [0.1, 0.15) is 28.7 Å². The number of benzene rings is 2. The molecule has 1 saturated heterocycles. The van der Waals surface area contributed by atoms with Crippen LogP contribution in [0.2, 0.25) is 0 Å². The van der Waals surface area contributed by atoms with E-state index in [1.165, 1.54) is 11.1 Å². The maximum absolute atomic E-state index is 12.4. The SMILES string of the molecule is Cc1cc(C)c(OC(=O)CC2CN(Cc3ccccc3)CCO2)c(C)c1. The molecule has 0 N–H and O–H groups in total. The summed E-state index contributed by atoms with van der Waals surface area (Å²) in [5.41, 5.74) is 4.44. The molecule has 0 bridgehead atoms. The fourth-order valence-corrected chi connectivity index (χ4v) is 3.56. The van der Waals surface area contributed by atoms with Crippen molar-refractivity contribution >= 4 is 5.97 Å². The monoisotopic (exact) mass is 353 g/mol. The molecular formula is C22H27NO3. The van der Waals surface area contributed by atoms with Crippen LogP contribution in [0.3, 0.4) is 0 Å². The van der Waals surface area contributed by atoms with Crippen molar-refractivity contribution in [3.8, 4) is 5.75 Å². The fraction of sp³-hybridized carbons (Fsp3) is 0.409. The van der Waals surface area contributed by atoms with Crippen molar-refractivity contribution in [1.82, 2.24) is 4.90 Å². The van der Waals surface area contributed by atoms with Gasteiger partial charge in [0.25, 0.3) is 0 Å². The zero-order valence-corrected chi connectivity index (χ0v) is 15.8. The highest BCUT2D eigenvalue weighted by atomic mass is 16.5. The zero-order chi connectivity index (χ0) is 18.5. The molecule has 1 unspecified atom stereocenters. The second-order valence-corrected chi connectivity index (χ2v) is 7.12. The first-order valence-corrected chi connectivity index (χ1v) is 9.17. The van der Waals surface area contributed by atoms with E-state index in [0.29, 0.717) is 12.4 Å². The van der Waals surface area contributed by atoms with E-state index >= 15 is 0 Å². The molecule has 1 aliphatic rings. The summed E-state index contributed by atoms with van der Waals surface area (Å²) in [5, 5.41) is 0. The van der Waals surface area contributed by atoms with Crippen LogP contribution < -0.4 is 4.74 Å². The van der Waals surface area contributed by atoms with Gasteiger partial charge in [0.2, 0.25) is 0 Å². The van der Waals surface area contributed by atoms with Gasteiger partial charge in [0.15, 0.2) is 0 Å². The van der Waals surface area contributed by atoms with Crippen molar-refractivity contribution in [1.29, 1.82) is 0 Å². The normalized spacial score (nSPS) is 17.9. The molecule has 0 amide bonds. The van der Waals surface area contributed by atoms with Gasteiger partial charge in [0.05, 0.1) is 19.1 Å². The van der Waals surface area contributed by atoms with Crippen molar-refractivity contribution < 1.29 is 14.3 Å². The summed E-state index contributed by atoms with van der Waals surface area (Å²) in [4.78, 5) is 14.7. The molecule has 1 atom stereocenters. The number of carbonyl (C=O) groups is 1. The Balaban J connectivity index is 1.56. The molecule has 138 valence electrons. The van der Waals surface area contributed by atoms with Crippen LogP contribution in [0.15, 0.2) is 42.5 Å². The summed E-state index contributed by atoms with van der Waals surface area (Å²) in [6.45, 7) is 9.15. The highest BCUT2D eigenvalue weighted by Gasteiger charge is 2.24. The third-order valence-corrected chi connectivity index (χ3v) is 4.69. The molecule has 4 heteroatoms. The third-order valence-electron chi connectivity index (χ3n) is 4.69. The molecule has 2 aromatic carbocycles. The number of ether oxygens (including phenoxy) is 2. The molecule has 4 nitrogen and oxygen atoms in total. The molecule has 0 aromatic heterocycles. The summed E-state index contributed by atoms with van der Waals surface area (Å²) in [6, 6.07) is 14.5. The summed E-state index contributed by atoms with van der Waals surface area (Å²) < 4.78 is 11.4. The van der Waals surface area contributed by atoms with Crippen molar-refractivity contribution in [2.75, 3.05) is 19.7 Å². The van der Waals surface area contributed by atoms with Crippen LogP contribution in [0.4, 0.5) is 0 Å². The number of hydrogen-bond donors (Lipinski definition) is 0. The Morgan fingerprint density at radius 2 is 1.85 bits per heavy atom. The summed E-state index contributed by atoms with van der Waals surface area (Å²) in [5.74, 6) is 0.448. The van der Waals surface area contributed by atoms with Gasteiger partial charge < -0.3 is 9.47 Å². The summed E-state index contributed by atoms with van der Waals surface area (Å²) in [7, 11) is 0. The maximum atomic E-state index is 12.4. The number of carbonyl (C=O) groups excluding carboxylic acids is 1. The summed E-state index contributed by atoms with van der Waals surface area (Å²) in [6.07, 6.45) is 0.156. The van der Waals surface area contributed by atoms with E-state index in [4.69, 9.17) is 9.47 Å². The Morgan fingerprint density at radius 3 is 2.54 bits per heavy atom. The number of hydrogen-bond acceptors (Lipinski definition) is 4. The van der Waals surface area contributed by atoms with Gasteiger partial charge in [0.1, 0.15) is 5.75 Å². The quantitative estimate of drug-likeness (QED) is 0.605. The molecule has 0 saturated carbocycles. The Labute approximate surface area is 155 Å². The molecule has 0 aliphatic carbocycles. The van der Waals surface area contributed by atoms with Crippen molar-refractivity contribution in [3.63, 3.8) is 0 Å². The van der Waals surface area contributed by atoms with E-state index < -0.39 is 0 Å². The molecule has 1 aliphatic heterocycles. The molecule has 26 heavy (non-hydrogen) atoms. The van der Waals surface area contributed by atoms with Crippen LogP contribution in [0.5, 0.6) is 5.75 Å². The lowest BCUT2D eigenvalue weighted by molar-refractivity contribution is -0.139. The van der Waals surface area contributed by atoms with Crippen LogP contribution in [-0.2, 0) is 16.1 Å². The second-order valence-electron chi connectivity index (χ2n) is 7.12. The van der Waals surface area contributed by atoms with Gasteiger partial charge in [-0.1, -0.05) is 48.0 Å². The predicted octanol–water partition coefficient (Wildman–Crippen LogP) is 3.81. The Hall–Kier alpha value is -2.17. The standard InChI is InChI=1S/C22H27NO3/c1-16-11-17(2)22(18(3)12-16)26-21(24)13-20-15-23(9-10-25-20)14-19-7-5-4-6-8-19/h4-8,11-12,20H,9-10,13-15H2,1-3H3. The Morgan fingerprint density at radius 1 is 1.15 bits per heavy atom. The van der Waals surface area contributed by atoms with E-state index in [0.717, 1.165) is 30.8 Å². The molecule has 0 spiro atoms. The Bertz CT molecular complexity index is 734. The van der Waals surface area contributed by atoms with Crippen molar-refractivity contribution in [2.45, 2.75) is 39.8 Å². The topological polar surface area (TPSA) is 38.8 Å². The van der Waals surface area contributed by atoms with E-state index in [9.17, 15) is 4.79 Å². The summed E-state index contributed by atoms with van der Waals surface area (Å²) >= 11 is 0. The van der Waals surface area contributed by atoms with Crippen molar-refractivity contribution in [3.05, 3.63) is 64.7 Å². The number of morpholine rings is 1. The average molecular weight is 353 g/mol. The number of nitrogens with zero attached hydrogens (tertiary/aromatic N) is 1. The minimum atomic E-state index is -0.230. The average Bonchev–Trinajstić information content (AvgIpc) is 2.59. The van der Waals surface area contributed by atoms with E-state index in [2.05, 4.69) is 29.2 Å². The van der Waals surface area contributed by atoms with Gasteiger partial charge in [-0.2, -0.15) is 0 Å². The first-order chi connectivity index (χ1) is 12.5. The van der Waals surface area contributed by atoms with Crippen LogP contribution in [0.25, 0.3) is 0 Å². The molecule has 0 radical (unpaired) electrons. The van der Waals surface area contributed by atoms with Crippen molar-refractivity contribution in [2.24, 2.45) is 0 Å². The molecular weight excluding hydrogens is 326 g/mol. The predicted molar refractivity (Wildman–Crippen MR) is 102 cm³/mol. The van der Waals surface area contributed by atoms with E-state index in [-0.39, 0.29) is 18.5 Å². The molecule has 2 aromatic rings. The van der Waals surface area contributed by atoms with Crippen LogP contribution >= 0.6 is 0 Å². The van der Waals surface area contributed by atoms with Gasteiger partial charge in [-0.15, -0.1) is 0 Å². The lowest BCUT2D eigenvalue weighted by atomic mass is 10.1. The first-order valence-electron chi connectivity index (χ1n) is 9.17. The fourth-order valence-electron chi connectivity index (χ4n) is 3.56. The second kappa shape index (κ2) is 8.47. The van der Waals surface area contributed by atoms with Crippen LogP contribution in [0, 0.1) is 20.8 Å². The van der Waals surface area contributed by atoms with Crippen LogP contribution in [-0.4, -0.2) is 36.7 Å². The molecule has 1 fully saturated rings. The smallest absolute Gasteiger partial charge is 0.313 e. The number of esters is 1. The van der Waals surface area contributed by atoms with Gasteiger partial charge in [-0.05, 0) is 37.5 Å². The highest BCUT2D eigenvalue weighted by Crippen LogP contribution is 2.25. The highest BCUT2D eigenvalue weighted by molar-refractivity contribution is 5.74. The van der Waals surface area contributed by atoms with Gasteiger partial charge in [-0.3, -0.25) is 9.69 Å². The van der Waals surface area contributed by atoms with Gasteiger partial charge in [0, 0.05) is 19.6 Å². The first kappa shape index (κ1) is 18.6. The Kier molecular flexibility index (Phi) is 6.07.